The molecule has 2 aliphatic rings. The zero-order valence-electron chi connectivity index (χ0n) is 39.2. The Bertz CT molecular complexity index is 2290. The lowest BCUT2D eigenvalue weighted by molar-refractivity contribution is -0.145. The van der Waals surface area contributed by atoms with Crippen molar-refractivity contribution in [3.8, 4) is 34.5 Å². The smallest absolute Gasteiger partial charge is 0.330 e. The Balaban J connectivity index is 0.874. The molecule has 17 heteroatoms. The van der Waals surface area contributed by atoms with Crippen LogP contribution in [-0.2, 0) is 38.2 Å². The minimum Gasteiger partial charge on any atom is -0.494 e. The topological polar surface area (TPSA) is 176 Å². The number of fused-ring (bicyclic) bond motifs is 1. The molecule has 4 aromatic rings. The molecule has 6 rings (SSSR count). The van der Waals surface area contributed by atoms with Crippen molar-refractivity contribution < 1.29 is 66.7 Å². The molecule has 2 aliphatic carbocycles. The molecule has 0 N–H and O–H groups in total. The molecule has 374 valence electrons. The highest BCUT2D eigenvalue weighted by molar-refractivity contribution is 7.77. The highest BCUT2D eigenvalue weighted by Crippen LogP contribution is 2.43. The summed E-state index contributed by atoms with van der Waals surface area (Å²) < 4.78 is 46.6. The molecule has 1 heterocycles. The second-order valence-corrected chi connectivity index (χ2v) is 20.4. The average Bonchev–Trinajstić information content (AvgIpc) is 3.79. The molecule has 14 nitrogen and oxygen atoms in total. The van der Waals surface area contributed by atoms with Crippen LogP contribution in [-0.4, -0.2) is 62.2 Å². The highest BCUT2D eigenvalue weighted by atomic mass is 32.2. The van der Waals surface area contributed by atoms with E-state index in [1.54, 1.807) is 60.7 Å². The van der Waals surface area contributed by atoms with Crippen molar-refractivity contribution in [2.75, 3.05) is 26.4 Å². The summed E-state index contributed by atoms with van der Waals surface area (Å²) in [5, 5.41) is 0. The normalized spacial score (nSPS) is 17.6. The van der Waals surface area contributed by atoms with Gasteiger partial charge in [0.2, 0.25) is 0 Å². The Labute approximate surface area is 421 Å². The van der Waals surface area contributed by atoms with E-state index in [2.05, 4.69) is 13.2 Å². The van der Waals surface area contributed by atoms with Crippen molar-refractivity contribution in [1.82, 2.24) is 0 Å². The van der Waals surface area contributed by atoms with Crippen molar-refractivity contribution in [2.45, 2.75) is 103 Å². The first-order valence-electron chi connectivity index (χ1n) is 24.0. The Kier molecular flexibility index (Phi) is 21.4. The van der Waals surface area contributed by atoms with Gasteiger partial charge in [-0.15, -0.1) is 22.7 Å². The van der Waals surface area contributed by atoms with Gasteiger partial charge >= 0.3 is 35.8 Å². The molecule has 0 unspecified atom stereocenters. The molecule has 0 bridgehead atoms. The summed E-state index contributed by atoms with van der Waals surface area (Å²) in [6.45, 7) is 8.59. The van der Waals surface area contributed by atoms with Crippen LogP contribution in [0.1, 0.15) is 103 Å². The van der Waals surface area contributed by atoms with E-state index in [0.717, 1.165) is 63.5 Å². The van der Waals surface area contributed by atoms with E-state index in [-0.39, 0.29) is 23.8 Å². The van der Waals surface area contributed by atoms with Gasteiger partial charge in [-0.05, 0) is 163 Å². The second kappa shape index (κ2) is 28.1. The molecule has 0 amide bonds. The van der Waals surface area contributed by atoms with E-state index < -0.39 is 35.7 Å². The predicted molar refractivity (Wildman–Crippen MR) is 267 cm³/mol. The van der Waals surface area contributed by atoms with Gasteiger partial charge in [0.1, 0.15) is 37.6 Å². The van der Waals surface area contributed by atoms with Gasteiger partial charge in [0.05, 0.1) is 59.5 Å². The third-order valence-corrected chi connectivity index (χ3v) is 14.8. The molecule has 2 fully saturated rings. The fourth-order valence-corrected chi connectivity index (χ4v) is 10.7. The molecule has 0 radical (unpaired) electrons. The minimum absolute atomic E-state index is 0.338. The predicted octanol–water partition coefficient (Wildman–Crippen LogP) is 11.7. The third-order valence-electron chi connectivity index (χ3n) is 12.1. The fraction of sp³-hybridized carbons (Fsp3) is 0.453. The van der Waals surface area contributed by atoms with Crippen molar-refractivity contribution in [3.63, 3.8) is 0 Å². The van der Waals surface area contributed by atoms with E-state index in [1.807, 2.05) is 0 Å². The van der Waals surface area contributed by atoms with Gasteiger partial charge in [-0.1, -0.05) is 25.4 Å². The maximum Gasteiger partial charge on any atom is 0.330 e. The lowest BCUT2D eigenvalue weighted by atomic mass is 9.82. The molecule has 3 aromatic carbocycles. The second-order valence-electron chi connectivity index (χ2n) is 17.2. The number of rotatable bonds is 26. The van der Waals surface area contributed by atoms with Crippen LogP contribution in [0, 0.1) is 26.8 Å². The van der Waals surface area contributed by atoms with Gasteiger partial charge in [0.15, 0.2) is 0 Å². The molecule has 0 atom stereocenters. The monoisotopic (exact) mass is 1020 g/mol. The summed E-state index contributed by atoms with van der Waals surface area (Å²) in [7, 11) is 0. The van der Waals surface area contributed by atoms with Gasteiger partial charge in [-0.2, -0.15) is 0 Å². The lowest BCUT2D eigenvalue weighted by Gasteiger charge is -2.26. The Hall–Kier alpha value is -5.91. The van der Waals surface area contributed by atoms with Gasteiger partial charge in [0.25, 0.3) is 0 Å². The molecule has 0 aliphatic heterocycles. The first-order chi connectivity index (χ1) is 34.0. The first kappa shape index (κ1) is 53.4. The van der Waals surface area contributed by atoms with Crippen LogP contribution < -0.4 is 28.4 Å². The Morgan fingerprint density at radius 1 is 0.443 bits per heavy atom. The van der Waals surface area contributed by atoms with Crippen molar-refractivity contribution >= 4 is 80.1 Å². The third kappa shape index (κ3) is 16.9. The molecule has 0 spiro atoms. The summed E-state index contributed by atoms with van der Waals surface area (Å²) in [6.07, 6.45) is 13.1. The number of esters is 6. The highest BCUT2D eigenvalue weighted by Gasteiger charge is 2.34. The van der Waals surface area contributed by atoms with Gasteiger partial charge in [-0.3, -0.25) is 19.2 Å². The SMILES string of the molecule is C=CC(=O)OCCCCCCOc1ccc(OC(=O)[C@H]2CC[C@H](C(=O)Oc3ccc(OC(=O)[C@H]4CC[C@H](C(=O)Oc5ccc(OCCCCCCOC(=O)C=C)cc5)CC4)c4sc(=S)sc34)CC2)cc1. The Morgan fingerprint density at radius 2 is 0.743 bits per heavy atom. The van der Waals surface area contributed by atoms with E-state index >= 15 is 0 Å². The van der Waals surface area contributed by atoms with Crippen LogP contribution in [0.3, 0.4) is 0 Å². The van der Waals surface area contributed by atoms with Crippen molar-refractivity contribution in [1.29, 1.82) is 0 Å². The van der Waals surface area contributed by atoms with E-state index in [1.165, 1.54) is 22.7 Å². The Morgan fingerprint density at radius 3 is 1.07 bits per heavy atom. The van der Waals surface area contributed by atoms with Crippen LogP contribution in [0.15, 0.2) is 86.0 Å². The minimum atomic E-state index is -0.410. The molecule has 0 saturated heterocycles. The number of benzene rings is 3. The van der Waals surface area contributed by atoms with Gasteiger partial charge in [0, 0.05) is 12.2 Å². The molecule has 70 heavy (non-hydrogen) atoms. The van der Waals surface area contributed by atoms with Gasteiger partial charge < -0.3 is 37.9 Å². The number of carbonyl (C=O) groups is 6. The number of hydrogen-bond acceptors (Lipinski definition) is 17. The van der Waals surface area contributed by atoms with Gasteiger partial charge in [-0.25, -0.2) is 9.59 Å². The summed E-state index contributed by atoms with van der Waals surface area (Å²) in [5.74, 6) is -0.923. The van der Waals surface area contributed by atoms with E-state index in [0.29, 0.717) is 125 Å². The summed E-state index contributed by atoms with van der Waals surface area (Å²) in [4.78, 5) is 75.2. The van der Waals surface area contributed by atoms with E-state index in [9.17, 15) is 28.8 Å². The summed E-state index contributed by atoms with van der Waals surface area (Å²) >= 11 is 8.07. The lowest BCUT2D eigenvalue weighted by Crippen LogP contribution is -2.30. The average molecular weight is 1020 g/mol. The number of unbranched alkanes of at least 4 members (excludes halogenated alkanes) is 6. The van der Waals surface area contributed by atoms with Crippen LogP contribution in [0.25, 0.3) is 9.40 Å². The standard InChI is InChI=1S/C53H60O14S3/c1-3-45(54)62-33-11-7-5-9-31-60-39-21-25-41(26-22-39)64-49(56)35-13-17-37(18-14-35)51(58)66-43-29-30-44(48-47(43)69-53(68)70-48)67-52(59)38-19-15-36(16-20-38)50(57)65-42-27-23-40(24-28-42)61-32-10-6-8-12-34-63-46(55)4-2/h3-4,21-30,35-38H,1-2,5-20,31-34H2/t35-,36-,37-,38-. The van der Waals surface area contributed by atoms with Crippen molar-refractivity contribution in [3.05, 3.63) is 89.1 Å². The number of carbonyl (C=O) groups excluding carboxylic acids is 6. The van der Waals surface area contributed by atoms with Crippen LogP contribution in [0.5, 0.6) is 34.5 Å². The summed E-state index contributed by atoms with van der Waals surface area (Å²) in [5.41, 5.74) is 0. The van der Waals surface area contributed by atoms with Crippen molar-refractivity contribution in [2.24, 2.45) is 23.7 Å². The summed E-state index contributed by atoms with van der Waals surface area (Å²) in [6, 6.07) is 17.1. The van der Waals surface area contributed by atoms with Crippen LogP contribution >= 0.6 is 34.9 Å². The maximum atomic E-state index is 13.4. The number of ether oxygens (including phenoxy) is 8. The number of hydrogen-bond donors (Lipinski definition) is 0. The zero-order valence-corrected chi connectivity index (χ0v) is 41.7. The zero-order chi connectivity index (χ0) is 49.7. The fourth-order valence-electron chi connectivity index (χ4n) is 8.15. The molecule has 1 aromatic heterocycles. The largest absolute Gasteiger partial charge is 0.494 e. The molecular formula is C53H60O14S3. The van der Waals surface area contributed by atoms with Crippen LogP contribution in [0.4, 0.5) is 0 Å². The van der Waals surface area contributed by atoms with Crippen LogP contribution in [0.2, 0.25) is 0 Å². The maximum absolute atomic E-state index is 13.4. The first-order valence-corrected chi connectivity index (χ1v) is 26.0. The molecular weight excluding hydrogens is 957 g/mol. The quantitative estimate of drug-likeness (QED) is 0.0191. The van der Waals surface area contributed by atoms with E-state index in [4.69, 9.17) is 50.1 Å². The molecule has 2 saturated carbocycles.